The molecule has 2 N–H and O–H groups in total. The van der Waals surface area contributed by atoms with E-state index < -0.39 is 11.8 Å². The van der Waals surface area contributed by atoms with Crippen LogP contribution in [0.2, 0.25) is 0 Å². The summed E-state index contributed by atoms with van der Waals surface area (Å²) in [6, 6.07) is 5.78. The van der Waals surface area contributed by atoms with Gasteiger partial charge in [-0.25, -0.2) is 14.8 Å². The van der Waals surface area contributed by atoms with E-state index in [1.807, 2.05) is 55.6 Å². The monoisotopic (exact) mass is 616 g/mol. The topological polar surface area (TPSA) is 129 Å². The van der Waals surface area contributed by atoms with Crippen LogP contribution in [0.3, 0.4) is 0 Å². The van der Waals surface area contributed by atoms with Crippen molar-refractivity contribution in [3.05, 3.63) is 41.9 Å². The van der Waals surface area contributed by atoms with Gasteiger partial charge in [0.05, 0.1) is 23.3 Å². The fraction of sp³-hybridized carbons (Fsp3) is 0.606. The number of ether oxygens (including phenoxy) is 1. The molecule has 3 aromatic rings. The zero-order chi connectivity index (χ0) is 31.6. The summed E-state index contributed by atoms with van der Waals surface area (Å²) in [5.74, 6) is 2.20. The molecule has 4 bridgehead atoms. The second kappa shape index (κ2) is 11.2. The Labute approximate surface area is 263 Å². The Morgan fingerprint density at radius 2 is 1.80 bits per heavy atom. The summed E-state index contributed by atoms with van der Waals surface area (Å²) in [6.45, 7) is 6.57. The van der Waals surface area contributed by atoms with Crippen LogP contribution in [-0.4, -0.2) is 96.2 Å². The van der Waals surface area contributed by atoms with Crippen molar-refractivity contribution in [3.8, 4) is 0 Å². The molecule has 0 spiro atoms. The molecule has 2 aliphatic carbocycles. The second-order valence-electron chi connectivity index (χ2n) is 14.5. The molecule has 5 heterocycles. The summed E-state index contributed by atoms with van der Waals surface area (Å²) in [5, 5.41) is 15.2. The Morgan fingerprint density at radius 1 is 1.04 bits per heavy atom. The van der Waals surface area contributed by atoms with Gasteiger partial charge in [0.2, 0.25) is 5.95 Å². The zero-order valence-corrected chi connectivity index (χ0v) is 26.8. The van der Waals surface area contributed by atoms with Gasteiger partial charge in [-0.15, -0.1) is 0 Å². The molecule has 2 saturated carbocycles. The highest BCUT2D eigenvalue weighted by Crippen LogP contribution is 2.52. The molecule has 240 valence electrons. The van der Waals surface area contributed by atoms with Gasteiger partial charge >= 0.3 is 6.09 Å². The molecule has 0 radical (unpaired) electrons. The molecule has 0 aromatic carbocycles. The molecule has 3 unspecified atom stereocenters. The lowest BCUT2D eigenvalue weighted by atomic mass is 9.95. The van der Waals surface area contributed by atoms with E-state index >= 15 is 0 Å². The van der Waals surface area contributed by atoms with Crippen LogP contribution in [0.25, 0.3) is 11.0 Å². The molecule has 2 saturated heterocycles. The molecule has 45 heavy (non-hydrogen) atoms. The number of piperazine rings is 1. The van der Waals surface area contributed by atoms with Crippen molar-refractivity contribution >= 4 is 34.8 Å². The molecule has 12 heteroatoms. The largest absolute Gasteiger partial charge is 0.444 e. The molecule has 7 rings (SSSR count). The van der Waals surface area contributed by atoms with Gasteiger partial charge in [-0.3, -0.25) is 14.6 Å². The Morgan fingerprint density at radius 3 is 2.40 bits per heavy atom. The molecule has 4 aliphatic rings. The van der Waals surface area contributed by atoms with Crippen molar-refractivity contribution in [1.82, 2.24) is 34.2 Å². The molecule has 2 amide bonds. The average Bonchev–Trinajstić information content (AvgIpc) is 3.77. The number of nitrogens with zero attached hydrogens (tertiary/aromatic N) is 7. The van der Waals surface area contributed by atoms with Crippen LogP contribution in [0.4, 0.5) is 16.6 Å². The van der Waals surface area contributed by atoms with Crippen molar-refractivity contribution < 1.29 is 19.4 Å². The van der Waals surface area contributed by atoms with E-state index in [1.165, 1.54) is 19.3 Å². The number of pyridine rings is 1. The van der Waals surface area contributed by atoms with Crippen molar-refractivity contribution in [1.29, 1.82) is 0 Å². The third-order valence-electron chi connectivity index (χ3n) is 10.0. The minimum absolute atomic E-state index is 0.0405. The van der Waals surface area contributed by atoms with Crippen LogP contribution >= 0.6 is 0 Å². The third-order valence-corrected chi connectivity index (χ3v) is 10.0. The number of hydrogen-bond acceptors (Lipinski definition) is 9. The number of aliphatic hydroxyl groups is 1. The number of aliphatic hydroxyl groups excluding tert-OH is 1. The maximum Gasteiger partial charge on any atom is 0.410 e. The number of hydrogen-bond donors (Lipinski definition) is 2. The fourth-order valence-electron chi connectivity index (χ4n) is 8.00. The van der Waals surface area contributed by atoms with Gasteiger partial charge in [0.25, 0.3) is 5.91 Å². The maximum absolute atomic E-state index is 13.4. The number of likely N-dealkylation sites (tertiary alicyclic amines) is 1. The standard InChI is InChI=1S/C33H44N8O4/c1-33(2,3)45-32(44)40-23-9-10-24(40)18-39(17-23)29(42)21-8-11-27(34-15-21)36-31-35-16-22-14-26(30(43)38(4)5)41(28(22)37-31)25-13-19-6-7-20(25)12-19/h8,11,14-16,19-20,23-25,30,43H,6-7,9-10,12-13,17-18H2,1-5H3,(H,34,35,36,37)/t19-,20+,23?,24?,25+,30?/m0/s1. The van der Waals surface area contributed by atoms with E-state index in [2.05, 4.69) is 19.9 Å². The first-order valence-electron chi connectivity index (χ1n) is 16.2. The molecule has 6 atom stereocenters. The molecular weight excluding hydrogens is 572 g/mol. The zero-order valence-electron chi connectivity index (χ0n) is 26.8. The normalized spacial score (nSPS) is 26.6. The summed E-state index contributed by atoms with van der Waals surface area (Å²) in [5.41, 5.74) is 1.60. The molecule has 12 nitrogen and oxygen atoms in total. The summed E-state index contributed by atoms with van der Waals surface area (Å²) in [4.78, 5) is 45.7. The molecule has 3 aromatic heterocycles. The number of aromatic nitrogens is 4. The summed E-state index contributed by atoms with van der Waals surface area (Å²) >= 11 is 0. The Balaban J connectivity index is 1.06. The predicted molar refractivity (Wildman–Crippen MR) is 169 cm³/mol. The number of rotatable bonds is 6. The smallest absolute Gasteiger partial charge is 0.410 e. The van der Waals surface area contributed by atoms with Crippen molar-refractivity contribution in [2.24, 2.45) is 11.8 Å². The number of fused-ring (bicyclic) bond motifs is 5. The van der Waals surface area contributed by atoms with Gasteiger partial charge < -0.3 is 24.6 Å². The lowest BCUT2D eigenvalue weighted by molar-refractivity contribution is -0.00336. The molecular formula is C33H44N8O4. The Kier molecular flexibility index (Phi) is 7.47. The first-order chi connectivity index (χ1) is 21.4. The lowest BCUT2D eigenvalue weighted by Crippen LogP contribution is -2.57. The van der Waals surface area contributed by atoms with E-state index in [9.17, 15) is 14.7 Å². The summed E-state index contributed by atoms with van der Waals surface area (Å²) in [6.07, 6.45) is 8.93. The molecule has 4 fully saturated rings. The minimum atomic E-state index is -0.739. The minimum Gasteiger partial charge on any atom is -0.444 e. The van der Waals surface area contributed by atoms with E-state index in [4.69, 9.17) is 9.72 Å². The van der Waals surface area contributed by atoms with Gasteiger partial charge in [0.15, 0.2) is 0 Å². The van der Waals surface area contributed by atoms with Gasteiger partial charge in [-0.1, -0.05) is 6.42 Å². The van der Waals surface area contributed by atoms with Gasteiger partial charge in [-0.05, 0) is 97.0 Å². The highest BCUT2D eigenvalue weighted by molar-refractivity contribution is 5.94. The SMILES string of the molecule is CN(C)C(O)c1cc2cnc(Nc3ccc(C(=O)N4CC5CCC(C4)N5C(=O)OC(C)(C)C)cn3)nc2n1[C@@H]1C[C@H]2CC[C@@H]1C2. The van der Waals surface area contributed by atoms with Crippen molar-refractivity contribution in [2.45, 2.75) is 89.3 Å². The van der Waals surface area contributed by atoms with E-state index in [0.29, 0.717) is 42.4 Å². The van der Waals surface area contributed by atoms with Crippen LogP contribution in [0.5, 0.6) is 0 Å². The Bertz CT molecular complexity index is 1580. The fourth-order valence-corrected chi connectivity index (χ4v) is 8.00. The lowest BCUT2D eigenvalue weighted by Gasteiger charge is -2.41. The highest BCUT2D eigenvalue weighted by atomic mass is 16.6. The van der Waals surface area contributed by atoms with Crippen LogP contribution in [0.15, 0.2) is 30.6 Å². The number of nitrogens with one attached hydrogen (secondary N) is 1. The highest BCUT2D eigenvalue weighted by Gasteiger charge is 2.46. The third kappa shape index (κ3) is 5.63. The van der Waals surface area contributed by atoms with Crippen LogP contribution in [0.1, 0.15) is 87.6 Å². The number of carbonyl (C=O) groups is 2. The van der Waals surface area contributed by atoms with E-state index in [-0.39, 0.29) is 24.1 Å². The predicted octanol–water partition coefficient (Wildman–Crippen LogP) is 4.71. The second-order valence-corrected chi connectivity index (χ2v) is 14.5. The molecule has 2 aliphatic heterocycles. The Hall–Kier alpha value is -3.77. The van der Waals surface area contributed by atoms with Crippen LogP contribution in [0, 0.1) is 11.8 Å². The van der Waals surface area contributed by atoms with Crippen molar-refractivity contribution in [3.63, 3.8) is 0 Å². The van der Waals surface area contributed by atoms with Gasteiger partial charge in [0, 0.05) is 36.9 Å². The average molecular weight is 617 g/mol. The number of carbonyl (C=O) groups excluding carboxylic acids is 2. The van der Waals surface area contributed by atoms with Crippen LogP contribution < -0.4 is 5.32 Å². The van der Waals surface area contributed by atoms with Crippen molar-refractivity contribution in [2.75, 3.05) is 32.5 Å². The van der Waals surface area contributed by atoms with Crippen LogP contribution in [-0.2, 0) is 4.74 Å². The van der Waals surface area contributed by atoms with Gasteiger partial charge in [0.1, 0.15) is 23.3 Å². The first-order valence-corrected chi connectivity index (χ1v) is 16.2. The number of amides is 2. The maximum atomic E-state index is 13.4. The quantitative estimate of drug-likeness (QED) is 0.379. The van der Waals surface area contributed by atoms with E-state index in [1.54, 1.807) is 24.5 Å². The van der Waals surface area contributed by atoms with E-state index in [0.717, 1.165) is 41.9 Å². The summed E-state index contributed by atoms with van der Waals surface area (Å²) in [7, 11) is 3.75. The summed E-state index contributed by atoms with van der Waals surface area (Å²) < 4.78 is 7.88. The number of anilines is 2. The first kappa shape index (κ1) is 29.9. The van der Waals surface area contributed by atoms with Gasteiger partial charge in [-0.2, -0.15) is 4.98 Å².